The quantitative estimate of drug-likeness (QED) is 0.0946. The Morgan fingerprint density at radius 1 is 0.845 bits per heavy atom. The Bertz CT molecular complexity index is 1720. The van der Waals surface area contributed by atoms with Crippen molar-refractivity contribution in [1.29, 1.82) is 0 Å². The molecule has 3 rings (SSSR count). The maximum Gasteiger partial charge on any atom is 0.281 e. The van der Waals surface area contributed by atoms with Crippen LogP contribution in [0.4, 0.5) is 0 Å². The Hall–Kier alpha value is -4.69. The standard InChI is InChI=1S/C39H55N7O10S2/c1-5-21(2)31-37(54)41-27(15-16-57-4)39(56)58-20-30(44-38(55)32(22(3)48)46-33(50)26(40)19-47)36(53)43-28(18-24-11-13-25(49)14-12-24)34(51)42-29(35(52)45-31)17-23-9-7-6-8-10-23/h6-14,21-22,26-32,47-49H,5,15-20,40H2,1-4H3,(H,41,54)(H,42,51)(H,43,53)(H,44,55)(H,45,52)(H,46,50)/p+1/t21-,22+,26-,27-,28-,29-,30-,31-,32-/m0/s1. The number of phenols is 1. The van der Waals surface area contributed by atoms with Crippen LogP contribution in [0, 0.1) is 5.92 Å². The van der Waals surface area contributed by atoms with E-state index in [9.17, 15) is 48.9 Å². The number of nitrogens with one attached hydrogen (secondary N) is 6. The van der Waals surface area contributed by atoms with E-state index in [0.29, 0.717) is 35.1 Å². The fraction of sp³-hybridized carbons (Fsp3) is 0.513. The van der Waals surface area contributed by atoms with Crippen LogP contribution in [-0.2, 0) is 46.4 Å². The normalized spacial score (nSPS) is 23.2. The number of phenolic OH excluding ortho intramolecular Hbond substituents is 1. The summed E-state index contributed by atoms with van der Waals surface area (Å²) in [5, 5.41) is 45.0. The molecule has 2 aromatic rings. The molecule has 318 valence electrons. The van der Waals surface area contributed by atoms with Crippen LogP contribution < -0.4 is 37.6 Å². The van der Waals surface area contributed by atoms with Crippen LogP contribution in [0.15, 0.2) is 54.6 Å². The molecule has 1 heterocycles. The highest BCUT2D eigenvalue weighted by Crippen LogP contribution is 2.17. The van der Waals surface area contributed by atoms with E-state index in [0.717, 1.165) is 0 Å². The molecule has 17 nitrogen and oxygen atoms in total. The molecule has 0 spiro atoms. The predicted molar refractivity (Wildman–Crippen MR) is 219 cm³/mol. The van der Waals surface area contributed by atoms with E-state index in [1.165, 1.54) is 43.0 Å². The number of benzene rings is 2. The molecule has 0 aliphatic carbocycles. The monoisotopic (exact) mass is 846 g/mol. The lowest BCUT2D eigenvalue weighted by Gasteiger charge is -2.30. The van der Waals surface area contributed by atoms with Gasteiger partial charge in [-0.2, -0.15) is 11.8 Å². The van der Waals surface area contributed by atoms with E-state index in [4.69, 9.17) is 0 Å². The molecule has 0 radical (unpaired) electrons. The molecular weight excluding hydrogens is 791 g/mol. The first-order chi connectivity index (χ1) is 27.6. The third-order valence-electron chi connectivity index (χ3n) is 9.61. The molecular formula is C39H56N7O10S2+. The maximum absolute atomic E-state index is 14.3. The van der Waals surface area contributed by atoms with Gasteiger partial charge in [0.1, 0.15) is 42.6 Å². The average Bonchev–Trinajstić information content (AvgIpc) is 3.20. The van der Waals surface area contributed by atoms with Crippen molar-refractivity contribution in [2.24, 2.45) is 5.92 Å². The maximum atomic E-state index is 14.3. The molecule has 0 unspecified atom stereocenters. The fourth-order valence-corrected chi connectivity index (χ4v) is 7.27. The Labute approximate surface area is 346 Å². The molecule has 58 heavy (non-hydrogen) atoms. The Morgan fingerprint density at radius 2 is 1.41 bits per heavy atom. The zero-order valence-corrected chi connectivity index (χ0v) is 34.7. The Morgan fingerprint density at radius 3 is 1.98 bits per heavy atom. The number of thioether (sulfide) groups is 2. The minimum atomic E-state index is -1.61. The summed E-state index contributed by atoms with van der Waals surface area (Å²) in [6.45, 7) is 4.21. The summed E-state index contributed by atoms with van der Waals surface area (Å²) >= 11 is 2.09. The highest BCUT2D eigenvalue weighted by atomic mass is 32.2. The van der Waals surface area contributed by atoms with Crippen molar-refractivity contribution in [3.05, 3.63) is 65.7 Å². The van der Waals surface area contributed by atoms with Crippen LogP contribution in [-0.4, -0.2) is 129 Å². The van der Waals surface area contributed by atoms with Crippen molar-refractivity contribution in [1.82, 2.24) is 31.9 Å². The smallest absolute Gasteiger partial charge is 0.281 e. The van der Waals surface area contributed by atoms with E-state index in [-0.39, 0.29) is 30.9 Å². The summed E-state index contributed by atoms with van der Waals surface area (Å²) in [4.78, 5) is 96.6. The number of amides is 6. The molecule has 1 aliphatic rings. The summed E-state index contributed by atoms with van der Waals surface area (Å²) in [5.74, 6) is -5.23. The van der Waals surface area contributed by atoms with Gasteiger partial charge in [0, 0.05) is 18.6 Å². The lowest BCUT2D eigenvalue weighted by molar-refractivity contribution is -0.409. The van der Waals surface area contributed by atoms with E-state index in [2.05, 4.69) is 37.6 Å². The second kappa shape index (κ2) is 23.6. The lowest BCUT2D eigenvalue weighted by atomic mass is 9.96. The van der Waals surface area contributed by atoms with E-state index >= 15 is 0 Å². The van der Waals surface area contributed by atoms with Gasteiger partial charge in [0.15, 0.2) is 6.04 Å². The topological polar surface area (TPSA) is 280 Å². The molecule has 19 heteroatoms. The van der Waals surface area contributed by atoms with Gasteiger partial charge in [0.2, 0.25) is 34.7 Å². The first-order valence-electron chi connectivity index (χ1n) is 19.0. The highest BCUT2D eigenvalue weighted by Gasteiger charge is 2.37. The van der Waals surface area contributed by atoms with Gasteiger partial charge in [-0.15, -0.1) is 0 Å². The van der Waals surface area contributed by atoms with Crippen molar-refractivity contribution in [2.45, 2.75) is 94.9 Å². The van der Waals surface area contributed by atoms with Crippen molar-refractivity contribution >= 4 is 64.1 Å². The number of quaternary nitrogens is 1. The third-order valence-corrected chi connectivity index (χ3v) is 11.3. The molecule has 1 aliphatic heterocycles. The van der Waals surface area contributed by atoms with E-state index in [1.807, 2.05) is 13.2 Å². The lowest BCUT2D eigenvalue weighted by Crippen LogP contribution is -2.71. The Kier molecular flexibility index (Phi) is 19.4. The molecule has 1 saturated heterocycles. The number of hydrogen-bond donors (Lipinski definition) is 10. The zero-order chi connectivity index (χ0) is 42.9. The van der Waals surface area contributed by atoms with Gasteiger partial charge in [0.25, 0.3) is 5.91 Å². The van der Waals surface area contributed by atoms with Gasteiger partial charge >= 0.3 is 0 Å². The number of aliphatic hydroxyl groups excluding tert-OH is 2. The Balaban J connectivity index is 2.13. The van der Waals surface area contributed by atoms with Gasteiger partial charge in [-0.3, -0.25) is 33.6 Å². The van der Waals surface area contributed by atoms with Crippen LogP contribution in [0.25, 0.3) is 0 Å². The SMILES string of the molecule is CC[C@H](C)[C@@H]1NC(=O)[C@H](Cc2ccccc2)NC(=O)[C@H](Cc2ccc(O)cc2)NC(=O)[C@@H](NC(=O)[C@@H](NC(=O)[C@@H]([NH3+])CO)[C@@H](C)O)CSC(=O)[C@H](CCSC)NC1=O. The molecule has 2 aromatic carbocycles. The van der Waals surface area contributed by atoms with Gasteiger partial charge in [-0.1, -0.05) is 74.5 Å². The first kappa shape index (κ1) is 47.7. The zero-order valence-electron chi connectivity index (χ0n) is 33.1. The predicted octanol–water partition coefficient (Wildman–Crippen LogP) is -1.86. The van der Waals surface area contributed by atoms with Crippen molar-refractivity contribution < 1.29 is 54.6 Å². The molecule has 9 atom stereocenters. The van der Waals surface area contributed by atoms with Gasteiger partial charge in [-0.05, 0) is 54.5 Å². The van der Waals surface area contributed by atoms with Crippen LogP contribution >= 0.6 is 23.5 Å². The number of carbonyl (C=O) groups excluding carboxylic acids is 7. The molecule has 0 aromatic heterocycles. The minimum Gasteiger partial charge on any atom is -0.508 e. The van der Waals surface area contributed by atoms with Crippen LogP contribution in [0.5, 0.6) is 5.75 Å². The summed E-state index contributed by atoms with van der Waals surface area (Å²) in [7, 11) is 0. The second-order valence-corrected chi connectivity index (χ2v) is 16.2. The van der Waals surface area contributed by atoms with Crippen molar-refractivity contribution in [3.8, 4) is 5.75 Å². The van der Waals surface area contributed by atoms with Gasteiger partial charge in [-0.25, -0.2) is 0 Å². The average molecular weight is 847 g/mol. The van der Waals surface area contributed by atoms with Gasteiger partial charge in [0.05, 0.1) is 12.1 Å². The number of carbonyl (C=O) groups is 7. The molecule has 1 fully saturated rings. The van der Waals surface area contributed by atoms with Gasteiger partial charge < -0.3 is 53.0 Å². The summed E-state index contributed by atoms with van der Waals surface area (Å²) in [6, 6.07) is 5.62. The van der Waals surface area contributed by atoms with Crippen molar-refractivity contribution in [2.75, 3.05) is 24.4 Å². The van der Waals surface area contributed by atoms with Crippen LogP contribution in [0.1, 0.15) is 44.7 Å². The third kappa shape index (κ3) is 14.6. The molecule has 0 bridgehead atoms. The number of aromatic hydroxyl groups is 1. The number of aliphatic hydroxyl groups is 2. The molecule has 12 N–H and O–H groups in total. The van der Waals surface area contributed by atoms with Crippen molar-refractivity contribution in [3.63, 3.8) is 0 Å². The molecule has 6 amide bonds. The number of hydrogen-bond acceptors (Lipinski definition) is 12. The largest absolute Gasteiger partial charge is 0.508 e. The van der Waals surface area contributed by atoms with Crippen LogP contribution in [0.2, 0.25) is 0 Å². The highest BCUT2D eigenvalue weighted by molar-refractivity contribution is 8.13. The fourth-order valence-electron chi connectivity index (χ4n) is 5.85. The number of rotatable bonds is 15. The van der Waals surface area contributed by atoms with E-state index in [1.54, 1.807) is 37.3 Å². The summed E-state index contributed by atoms with van der Waals surface area (Å²) in [5.41, 5.74) is 4.70. The summed E-state index contributed by atoms with van der Waals surface area (Å²) in [6.07, 6.45) is 0.905. The van der Waals surface area contributed by atoms with E-state index < -0.39 is 101 Å². The van der Waals surface area contributed by atoms with Crippen LogP contribution in [0.3, 0.4) is 0 Å². The minimum absolute atomic E-state index is 0.00810. The summed E-state index contributed by atoms with van der Waals surface area (Å²) < 4.78 is 0. The molecule has 0 saturated carbocycles. The second-order valence-electron chi connectivity index (χ2n) is 14.2. The first-order valence-corrected chi connectivity index (χ1v) is 21.4.